The first kappa shape index (κ1) is 13.4. The molecule has 17 heavy (non-hydrogen) atoms. The van der Waals surface area contributed by atoms with E-state index in [1.165, 1.54) is 0 Å². The highest BCUT2D eigenvalue weighted by Crippen LogP contribution is 2.25. The molecule has 1 amide bonds. The average Bonchev–Trinajstić information content (AvgIpc) is 2.31. The molecule has 1 rings (SSSR count). The molecular formula is C13H21N3O. The monoisotopic (exact) mass is 235 g/mol. The molecule has 1 unspecified atom stereocenters. The van der Waals surface area contributed by atoms with E-state index in [1.807, 2.05) is 6.07 Å². The predicted molar refractivity (Wildman–Crippen MR) is 72.1 cm³/mol. The van der Waals surface area contributed by atoms with E-state index in [-0.39, 0.29) is 0 Å². The standard InChI is InChI=1S/C13H21N3O/c1-4-9(3)16(5-2)12-7-6-10(14)8-11(12)13(15)17/h6-9H,4-5,14H2,1-3H3,(H2,15,17). The van der Waals surface area contributed by atoms with Gasteiger partial charge in [0.25, 0.3) is 5.91 Å². The van der Waals surface area contributed by atoms with Gasteiger partial charge in [-0.2, -0.15) is 0 Å². The normalized spacial score (nSPS) is 12.2. The minimum atomic E-state index is -0.436. The highest BCUT2D eigenvalue weighted by molar-refractivity contribution is 5.99. The zero-order chi connectivity index (χ0) is 13.0. The van der Waals surface area contributed by atoms with Gasteiger partial charge < -0.3 is 16.4 Å². The first-order valence-corrected chi connectivity index (χ1v) is 5.97. The molecule has 0 aliphatic carbocycles. The molecule has 0 aliphatic rings. The van der Waals surface area contributed by atoms with Crippen LogP contribution in [0, 0.1) is 0 Å². The Balaban J connectivity index is 3.23. The smallest absolute Gasteiger partial charge is 0.250 e. The molecule has 4 heteroatoms. The Morgan fingerprint density at radius 1 is 1.41 bits per heavy atom. The Kier molecular flexibility index (Phi) is 4.37. The minimum absolute atomic E-state index is 0.363. The predicted octanol–water partition coefficient (Wildman–Crippen LogP) is 1.99. The molecule has 0 bridgehead atoms. The fourth-order valence-corrected chi connectivity index (χ4v) is 1.94. The highest BCUT2D eigenvalue weighted by Gasteiger charge is 2.17. The number of hydrogen-bond acceptors (Lipinski definition) is 3. The maximum absolute atomic E-state index is 11.4. The number of anilines is 2. The van der Waals surface area contributed by atoms with E-state index in [0.717, 1.165) is 18.7 Å². The second-order valence-corrected chi connectivity index (χ2v) is 4.18. The number of nitrogens with zero attached hydrogens (tertiary/aromatic N) is 1. The molecule has 0 spiro atoms. The number of amides is 1. The van der Waals surface area contributed by atoms with Crippen molar-refractivity contribution in [1.82, 2.24) is 0 Å². The number of primary amides is 1. The summed E-state index contributed by atoms with van der Waals surface area (Å²) in [5.41, 5.74) is 13.0. The van der Waals surface area contributed by atoms with Crippen molar-refractivity contribution >= 4 is 17.3 Å². The van der Waals surface area contributed by atoms with Crippen LogP contribution in [-0.2, 0) is 0 Å². The van der Waals surface area contributed by atoms with Crippen LogP contribution < -0.4 is 16.4 Å². The summed E-state index contributed by atoms with van der Waals surface area (Å²) in [5, 5.41) is 0. The molecule has 1 aromatic rings. The SMILES string of the molecule is CCC(C)N(CC)c1ccc(N)cc1C(N)=O. The molecule has 0 heterocycles. The van der Waals surface area contributed by atoms with Crippen LogP contribution in [0.25, 0.3) is 0 Å². The van der Waals surface area contributed by atoms with Crippen molar-refractivity contribution in [3.05, 3.63) is 23.8 Å². The molecule has 0 saturated carbocycles. The molecule has 0 fully saturated rings. The maximum atomic E-state index is 11.4. The van der Waals surface area contributed by atoms with Gasteiger partial charge in [-0.1, -0.05) is 6.92 Å². The molecule has 1 aromatic carbocycles. The van der Waals surface area contributed by atoms with Crippen LogP contribution in [0.1, 0.15) is 37.6 Å². The Morgan fingerprint density at radius 3 is 2.53 bits per heavy atom. The number of benzene rings is 1. The first-order chi connectivity index (χ1) is 8.01. The molecule has 1 atom stereocenters. The largest absolute Gasteiger partial charge is 0.399 e. The van der Waals surface area contributed by atoms with Crippen molar-refractivity contribution in [2.45, 2.75) is 33.2 Å². The molecule has 0 radical (unpaired) electrons. The number of carbonyl (C=O) groups excluding carboxylic acids is 1. The Morgan fingerprint density at radius 2 is 2.06 bits per heavy atom. The molecule has 0 saturated heterocycles. The fourth-order valence-electron chi connectivity index (χ4n) is 1.94. The van der Waals surface area contributed by atoms with Crippen LogP contribution in [0.15, 0.2) is 18.2 Å². The molecule has 0 aliphatic heterocycles. The van der Waals surface area contributed by atoms with Crippen molar-refractivity contribution in [3.8, 4) is 0 Å². The lowest BCUT2D eigenvalue weighted by Gasteiger charge is -2.31. The van der Waals surface area contributed by atoms with Crippen molar-refractivity contribution in [2.75, 3.05) is 17.2 Å². The topological polar surface area (TPSA) is 72.3 Å². The van der Waals surface area contributed by atoms with Gasteiger partial charge in [-0.3, -0.25) is 4.79 Å². The van der Waals surface area contributed by atoms with Gasteiger partial charge in [0.15, 0.2) is 0 Å². The lowest BCUT2D eigenvalue weighted by molar-refractivity contribution is 0.100. The maximum Gasteiger partial charge on any atom is 0.250 e. The summed E-state index contributed by atoms with van der Waals surface area (Å²) in [4.78, 5) is 13.6. The quantitative estimate of drug-likeness (QED) is 0.767. The van der Waals surface area contributed by atoms with Gasteiger partial charge in [-0.25, -0.2) is 0 Å². The molecule has 4 nitrogen and oxygen atoms in total. The van der Waals surface area contributed by atoms with Gasteiger partial charge in [0.2, 0.25) is 0 Å². The number of nitrogens with two attached hydrogens (primary N) is 2. The van der Waals surface area contributed by atoms with Crippen molar-refractivity contribution in [2.24, 2.45) is 5.73 Å². The summed E-state index contributed by atoms with van der Waals surface area (Å²) in [6.45, 7) is 7.14. The van der Waals surface area contributed by atoms with E-state index in [1.54, 1.807) is 12.1 Å². The summed E-state index contributed by atoms with van der Waals surface area (Å²) in [6, 6.07) is 5.67. The molecule has 94 valence electrons. The van der Waals surface area contributed by atoms with Crippen LogP contribution in [-0.4, -0.2) is 18.5 Å². The average molecular weight is 235 g/mol. The van der Waals surface area contributed by atoms with Crippen molar-refractivity contribution in [1.29, 1.82) is 0 Å². The highest BCUT2D eigenvalue weighted by atomic mass is 16.1. The van der Waals surface area contributed by atoms with Gasteiger partial charge in [-0.15, -0.1) is 0 Å². The summed E-state index contributed by atoms with van der Waals surface area (Å²) < 4.78 is 0. The van der Waals surface area contributed by atoms with Crippen LogP contribution in [0.4, 0.5) is 11.4 Å². The zero-order valence-electron chi connectivity index (χ0n) is 10.7. The number of hydrogen-bond donors (Lipinski definition) is 2. The summed E-state index contributed by atoms with van der Waals surface area (Å²) in [7, 11) is 0. The van der Waals surface area contributed by atoms with E-state index in [4.69, 9.17) is 11.5 Å². The number of rotatable bonds is 5. The Hall–Kier alpha value is -1.71. The lowest BCUT2D eigenvalue weighted by atomic mass is 10.1. The first-order valence-electron chi connectivity index (χ1n) is 5.97. The third-order valence-electron chi connectivity index (χ3n) is 3.06. The van der Waals surface area contributed by atoms with E-state index < -0.39 is 5.91 Å². The van der Waals surface area contributed by atoms with E-state index >= 15 is 0 Å². The third-order valence-corrected chi connectivity index (χ3v) is 3.06. The van der Waals surface area contributed by atoms with E-state index in [9.17, 15) is 4.79 Å². The minimum Gasteiger partial charge on any atom is -0.399 e. The summed E-state index contributed by atoms with van der Waals surface area (Å²) in [5.74, 6) is -0.436. The molecule has 4 N–H and O–H groups in total. The van der Waals surface area contributed by atoms with Gasteiger partial charge in [0.1, 0.15) is 0 Å². The second-order valence-electron chi connectivity index (χ2n) is 4.18. The van der Waals surface area contributed by atoms with Crippen LogP contribution in [0.5, 0.6) is 0 Å². The zero-order valence-corrected chi connectivity index (χ0v) is 10.7. The van der Waals surface area contributed by atoms with E-state index in [0.29, 0.717) is 17.3 Å². The fraction of sp³-hybridized carbons (Fsp3) is 0.462. The Labute approximate surface area is 103 Å². The summed E-state index contributed by atoms with van der Waals surface area (Å²) in [6.07, 6.45) is 1.01. The third kappa shape index (κ3) is 2.90. The molecular weight excluding hydrogens is 214 g/mol. The van der Waals surface area contributed by atoms with Gasteiger partial charge in [0, 0.05) is 24.0 Å². The number of nitrogen functional groups attached to an aromatic ring is 1. The lowest BCUT2D eigenvalue weighted by Crippen LogP contribution is -2.34. The second kappa shape index (κ2) is 5.57. The van der Waals surface area contributed by atoms with Crippen LogP contribution in [0.2, 0.25) is 0 Å². The van der Waals surface area contributed by atoms with Gasteiger partial charge >= 0.3 is 0 Å². The molecule has 0 aromatic heterocycles. The van der Waals surface area contributed by atoms with Crippen LogP contribution >= 0.6 is 0 Å². The summed E-state index contributed by atoms with van der Waals surface area (Å²) >= 11 is 0. The van der Waals surface area contributed by atoms with Crippen molar-refractivity contribution in [3.63, 3.8) is 0 Å². The number of carbonyl (C=O) groups is 1. The van der Waals surface area contributed by atoms with Gasteiger partial charge in [0.05, 0.1) is 5.56 Å². The van der Waals surface area contributed by atoms with Gasteiger partial charge in [-0.05, 0) is 38.5 Å². The van der Waals surface area contributed by atoms with Crippen LogP contribution in [0.3, 0.4) is 0 Å². The van der Waals surface area contributed by atoms with Crippen molar-refractivity contribution < 1.29 is 4.79 Å². The van der Waals surface area contributed by atoms with E-state index in [2.05, 4.69) is 25.7 Å². The Bertz CT molecular complexity index is 404.